The number of aromatic nitrogens is 4. The van der Waals surface area contributed by atoms with Crippen LogP contribution < -0.4 is 0 Å². The van der Waals surface area contributed by atoms with E-state index in [2.05, 4.69) is 27.8 Å². The number of nitrogens with zero attached hydrogens (tertiary/aromatic N) is 5. The summed E-state index contributed by atoms with van der Waals surface area (Å²) in [5.74, 6) is 0.704. The summed E-state index contributed by atoms with van der Waals surface area (Å²) in [4.78, 5) is 15.0. The van der Waals surface area contributed by atoms with Crippen LogP contribution in [-0.2, 0) is 16.6 Å². The molecule has 0 aromatic carbocycles. The zero-order valence-electron chi connectivity index (χ0n) is 18.8. The van der Waals surface area contributed by atoms with Crippen LogP contribution in [0.3, 0.4) is 0 Å². The zero-order chi connectivity index (χ0) is 22.7. The third kappa shape index (κ3) is 4.65. The van der Waals surface area contributed by atoms with Gasteiger partial charge in [-0.2, -0.15) is 10.4 Å². The predicted molar refractivity (Wildman–Crippen MR) is 121 cm³/mol. The largest absolute Gasteiger partial charge is 0.383 e. The van der Waals surface area contributed by atoms with Crippen LogP contribution in [-0.4, -0.2) is 56.9 Å². The molecular weight excluding hydrogens is 412 g/mol. The molecule has 1 N–H and O–H groups in total. The number of carbonyl (C=O) groups excluding carboxylic acids is 1. The number of nitrogens with one attached hydrogen (secondary N) is 1. The van der Waals surface area contributed by atoms with Crippen LogP contribution in [0.1, 0.15) is 54.5 Å². The molecule has 166 valence electrons. The zero-order valence-corrected chi connectivity index (χ0v) is 19.6. The van der Waals surface area contributed by atoms with E-state index in [9.17, 15) is 10.1 Å². The van der Waals surface area contributed by atoms with Gasteiger partial charge in [-0.3, -0.25) is 9.89 Å². The summed E-state index contributed by atoms with van der Waals surface area (Å²) in [7, 11) is 3.56. The first-order chi connectivity index (χ1) is 14.8. The molecule has 3 heterocycles. The average molecular weight is 443 g/mol. The molecule has 8 nitrogen and oxygen atoms in total. The summed E-state index contributed by atoms with van der Waals surface area (Å²) >= 11 is 5.22. The number of nitriles is 1. The van der Waals surface area contributed by atoms with Gasteiger partial charge in [0, 0.05) is 44.6 Å². The van der Waals surface area contributed by atoms with Gasteiger partial charge in [-0.1, -0.05) is 0 Å². The van der Waals surface area contributed by atoms with Crippen molar-refractivity contribution in [2.75, 3.05) is 26.8 Å². The molecule has 0 aliphatic carbocycles. The standard InChI is InChI=1S/C22H30N6O2S/c1-14-9-18(16(3)28(14)15(2)13-30-5)10-19(11-23)21(29)27-8-6-7-17(12-27)20-24-25-22(31)26(20)4/h9-10,15,17H,6-8,12-13H2,1-5H3,(H,25,31). The van der Waals surface area contributed by atoms with Crippen molar-refractivity contribution in [3.63, 3.8) is 0 Å². The fourth-order valence-corrected chi connectivity index (χ4v) is 4.65. The summed E-state index contributed by atoms with van der Waals surface area (Å²) in [6.45, 7) is 7.87. The van der Waals surface area contributed by atoms with E-state index in [0.29, 0.717) is 24.5 Å². The number of rotatable bonds is 6. The smallest absolute Gasteiger partial charge is 0.264 e. The molecule has 1 aliphatic rings. The highest BCUT2D eigenvalue weighted by molar-refractivity contribution is 7.71. The Labute approximate surface area is 188 Å². The fourth-order valence-electron chi connectivity index (χ4n) is 4.51. The lowest BCUT2D eigenvalue weighted by atomic mass is 9.96. The Morgan fingerprint density at radius 2 is 2.26 bits per heavy atom. The number of hydrogen-bond acceptors (Lipinski definition) is 5. The van der Waals surface area contributed by atoms with Crippen LogP contribution in [0.15, 0.2) is 11.6 Å². The molecule has 2 aromatic heterocycles. The Kier molecular flexibility index (Phi) is 7.13. The number of aryl methyl sites for hydroxylation is 1. The molecule has 31 heavy (non-hydrogen) atoms. The number of carbonyl (C=O) groups is 1. The molecule has 9 heteroatoms. The summed E-state index contributed by atoms with van der Waals surface area (Å²) < 4.78 is 9.88. The van der Waals surface area contributed by atoms with E-state index in [1.54, 1.807) is 18.1 Å². The van der Waals surface area contributed by atoms with E-state index in [1.807, 2.05) is 31.5 Å². The molecule has 1 aliphatic heterocycles. The molecule has 1 saturated heterocycles. The minimum Gasteiger partial charge on any atom is -0.383 e. The van der Waals surface area contributed by atoms with Gasteiger partial charge in [0.05, 0.1) is 12.6 Å². The minimum atomic E-state index is -0.237. The molecule has 2 atom stereocenters. The highest BCUT2D eigenvalue weighted by Crippen LogP contribution is 2.27. The number of likely N-dealkylation sites (tertiary alicyclic amines) is 1. The Hall–Kier alpha value is -2.70. The number of hydrogen-bond donors (Lipinski definition) is 1. The molecule has 0 saturated carbocycles. The molecule has 2 aromatic rings. The Bertz CT molecular complexity index is 1090. The fraction of sp³-hybridized carbons (Fsp3) is 0.545. The summed E-state index contributed by atoms with van der Waals surface area (Å²) in [6, 6.07) is 4.30. The third-order valence-corrected chi connectivity index (χ3v) is 6.38. The molecule has 2 unspecified atom stereocenters. The average Bonchev–Trinajstić information content (AvgIpc) is 3.23. The number of methoxy groups -OCH3 is 1. The summed E-state index contributed by atoms with van der Waals surface area (Å²) in [5, 5.41) is 16.9. The molecule has 3 rings (SSSR count). The summed E-state index contributed by atoms with van der Waals surface area (Å²) in [6.07, 6.45) is 3.50. The van der Waals surface area contributed by atoms with Gasteiger partial charge in [-0.15, -0.1) is 0 Å². The van der Waals surface area contributed by atoms with E-state index in [0.717, 1.165) is 35.6 Å². The number of ether oxygens (including phenoxy) is 1. The van der Waals surface area contributed by atoms with Crippen LogP contribution in [0.25, 0.3) is 6.08 Å². The van der Waals surface area contributed by atoms with Crippen LogP contribution in [0.2, 0.25) is 0 Å². The van der Waals surface area contributed by atoms with E-state index >= 15 is 0 Å². The highest BCUT2D eigenvalue weighted by Gasteiger charge is 2.29. The molecule has 0 spiro atoms. The van der Waals surface area contributed by atoms with Crippen LogP contribution in [0.5, 0.6) is 0 Å². The van der Waals surface area contributed by atoms with Crippen molar-refractivity contribution in [1.82, 2.24) is 24.2 Å². The van der Waals surface area contributed by atoms with Gasteiger partial charge in [0.25, 0.3) is 5.91 Å². The van der Waals surface area contributed by atoms with Gasteiger partial charge < -0.3 is 18.8 Å². The maximum atomic E-state index is 13.2. The summed E-state index contributed by atoms with van der Waals surface area (Å²) in [5.41, 5.74) is 3.12. The molecule has 0 radical (unpaired) electrons. The minimum absolute atomic E-state index is 0.0931. The molecule has 1 amide bonds. The number of piperidine rings is 1. The number of aromatic amines is 1. The van der Waals surface area contributed by atoms with Crippen LogP contribution >= 0.6 is 12.2 Å². The number of amides is 1. The normalized spacial score (nSPS) is 18.1. The van der Waals surface area contributed by atoms with Gasteiger partial charge in [0.15, 0.2) is 4.77 Å². The van der Waals surface area contributed by atoms with Gasteiger partial charge in [-0.25, -0.2) is 0 Å². The lowest BCUT2D eigenvalue weighted by Gasteiger charge is -2.32. The van der Waals surface area contributed by atoms with Crippen molar-refractivity contribution in [2.45, 2.75) is 45.6 Å². The van der Waals surface area contributed by atoms with Crippen molar-refractivity contribution < 1.29 is 9.53 Å². The number of H-pyrrole nitrogens is 1. The Morgan fingerprint density at radius 1 is 1.52 bits per heavy atom. The van der Waals surface area contributed by atoms with Crippen LogP contribution in [0, 0.1) is 29.9 Å². The SMILES string of the molecule is COCC(C)n1c(C)cc(C=C(C#N)C(=O)N2CCCC(c3n[nH]c(=S)n3C)C2)c1C. The van der Waals surface area contributed by atoms with E-state index in [1.165, 1.54) is 0 Å². The van der Waals surface area contributed by atoms with E-state index in [4.69, 9.17) is 17.0 Å². The van der Waals surface area contributed by atoms with Crippen molar-refractivity contribution in [1.29, 1.82) is 5.26 Å². The van der Waals surface area contributed by atoms with Crippen molar-refractivity contribution in [3.8, 4) is 6.07 Å². The second-order valence-corrected chi connectivity index (χ2v) is 8.59. The molecule has 1 fully saturated rings. The van der Waals surface area contributed by atoms with Gasteiger partial charge in [-0.05, 0) is 63.5 Å². The van der Waals surface area contributed by atoms with Crippen molar-refractivity contribution in [2.24, 2.45) is 7.05 Å². The van der Waals surface area contributed by atoms with Crippen molar-refractivity contribution in [3.05, 3.63) is 39.2 Å². The van der Waals surface area contributed by atoms with Gasteiger partial charge in [0.1, 0.15) is 17.5 Å². The lowest BCUT2D eigenvalue weighted by molar-refractivity contribution is -0.127. The first-order valence-electron chi connectivity index (χ1n) is 10.5. The first-order valence-corrected chi connectivity index (χ1v) is 10.9. The maximum Gasteiger partial charge on any atom is 0.264 e. The Morgan fingerprint density at radius 3 is 2.87 bits per heavy atom. The van der Waals surface area contributed by atoms with Gasteiger partial charge in [0.2, 0.25) is 0 Å². The third-order valence-electron chi connectivity index (χ3n) is 6.01. The van der Waals surface area contributed by atoms with E-state index in [-0.39, 0.29) is 23.4 Å². The maximum absolute atomic E-state index is 13.2. The second-order valence-electron chi connectivity index (χ2n) is 8.21. The first kappa shape index (κ1) is 23.0. The van der Waals surface area contributed by atoms with E-state index < -0.39 is 0 Å². The molecule has 0 bridgehead atoms. The Balaban J connectivity index is 1.84. The van der Waals surface area contributed by atoms with Gasteiger partial charge >= 0.3 is 0 Å². The highest BCUT2D eigenvalue weighted by atomic mass is 32.1. The topological polar surface area (TPSA) is 91.9 Å². The lowest BCUT2D eigenvalue weighted by Crippen LogP contribution is -2.40. The van der Waals surface area contributed by atoms with Crippen molar-refractivity contribution >= 4 is 24.2 Å². The van der Waals surface area contributed by atoms with Crippen LogP contribution in [0.4, 0.5) is 0 Å². The quantitative estimate of drug-likeness (QED) is 0.420. The second kappa shape index (κ2) is 9.62. The molecular formula is C22H30N6O2S. The predicted octanol–water partition coefficient (Wildman–Crippen LogP) is 3.42. The monoisotopic (exact) mass is 442 g/mol.